The van der Waals surface area contributed by atoms with Gasteiger partial charge in [0.2, 0.25) is 0 Å². The van der Waals surface area contributed by atoms with Gasteiger partial charge in [-0.2, -0.15) is 0 Å². The van der Waals surface area contributed by atoms with E-state index in [0.29, 0.717) is 5.57 Å². The predicted octanol–water partition coefficient (Wildman–Crippen LogP) is -4.34. The Bertz CT molecular complexity index is 1100. The monoisotopic (exact) mass is 574 g/mol. The number of aliphatic hydroxyl groups is 9. The zero-order valence-electron chi connectivity index (χ0n) is 22.3. The molecule has 5 fully saturated rings. The van der Waals surface area contributed by atoms with Gasteiger partial charge in [-0.1, -0.05) is 18.6 Å². The summed E-state index contributed by atoms with van der Waals surface area (Å²) >= 11 is 0. The summed E-state index contributed by atoms with van der Waals surface area (Å²) in [6.45, 7) is 3.75. The second-order valence-corrected chi connectivity index (χ2v) is 12.8. The van der Waals surface area contributed by atoms with Crippen molar-refractivity contribution in [1.82, 2.24) is 0 Å². The first kappa shape index (κ1) is 28.8. The van der Waals surface area contributed by atoms with Crippen LogP contribution in [0.4, 0.5) is 0 Å². The maximum atomic E-state index is 12.8. The first-order valence-corrected chi connectivity index (χ1v) is 13.6. The van der Waals surface area contributed by atoms with Crippen LogP contribution in [-0.2, 0) is 23.7 Å². The molecule has 1 spiro atoms. The number of ether oxygens (including phenoxy) is 4. The molecule has 0 unspecified atom stereocenters. The summed E-state index contributed by atoms with van der Waals surface area (Å²) in [5.74, 6) is -2.83. The molecule has 0 amide bonds. The van der Waals surface area contributed by atoms with E-state index >= 15 is 0 Å². The number of hydrogen-bond acceptors (Lipinski definition) is 14. The molecule has 6 rings (SSSR count). The quantitative estimate of drug-likeness (QED) is 0.114. The van der Waals surface area contributed by atoms with Crippen LogP contribution in [0.5, 0.6) is 0 Å². The van der Waals surface area contributed by atoms with Crippen LogP contribution in [0.1, 0.15) is 27.2 Å². The van der Waals surface area contributed by atoms with Gasteiger partial charge in [0.25, 0.3) is 0 Å². The van der Waals surface area contributed by atoms with Gasteiger partial charge in [0.05, 0.1) is 30.8 Å². The Morgan fingerprint density at radius 1 is 1.00 bits per heavy atom. The molecule has 226 valence electrons. The van der Waals surface area contributed by atoms with Crippen molar-refractivity contribution >= 4 is 5.97 Å². The lowest BCUT2D eigenvalue weighted by atomic mass is 9.36. The molecule has 3 saturated heterocycles. The fourth-order valence-corrected chi connectivity index (χ4v) is 9.15. The first-order chi connectivity index (χ1) is 18.6. The molecular formula is C26H38O14. The van der Waals surface area contributed by atoms with E-state index in [0.717, 1.165) is 0 Å². The molecule has 6 aliphatic rings. The number of esters is 1. The predicted molar refractivity (Wildman–Crippen MR) is 128 cm³/mol. The first-order valence-electron chi connectivity index (χ1n) is 13.6. The Morgan fingerprint density at radius 3 is 2.33 bits per heavy atom. The summed E-state index contributed by atoms with van der Waals surface area (Å²) in [6, 6.07) is 0. The highest BCUT2D eigenvalue weighted by molar-refractivity contribution is 5.79. The second kappa shape index (κ2) is 8.88. The van der Waals surface area contributed by atoms with Crippen molar-refractivity contribution in [2.24, 2.45) is 22.7 Å². The number of hydrogen-bond donors (Lipinski definition) is 9. The van der Waals surface area contributed by atoms with Crippen LogP contribution in [0.2, 0.25) is 0 Å². The lowest BCUT2D eigenvalue weighted by molar-refractivity contribution is -0.361. The lowest BCUT2D eigenvalue weighted by Crippen LogP contribution is -2.86. The molecule has 0 radical (unpaired) electrons. The normalized spacial score (nSPS) is 60.9. The topological polar surface area (TPSA) is 236 Å². The van der Waals surface area contributed by atoms with Crippen LogP contribution in [0.15, 0.2) is 11.6 Å². The molecule has 14 heteroatoms. The van der Waals surface area contributed by atoms with E-state index in [1.54, 1.807) is 19.9 Å². The summed E-state index contributed by atoms with van der Waals surface area (Å²) in [4.78, 5) is 12.8. The van der Waals surface area contributed by atoms with Crippen LogP contribution < -0.4 is 0 Å². The molecule has 3 heterocycles. The van der Waals surface area contributed by atoms with Crippen LogP contribution in [0, 0.1) is 22.7 Å². The number of rotatable bonds is 3. The number of carbonyl (C=O) groups is 1. The third kappa shape index (κ3) is 3.06. The van der Waals surface area contributed by atoms with Crippen LogP contribution in [0.25, 0.3) is 0 Å². The smallest absolute Gasteiger partial charge is 0.338 e. The van der Waals surface area contributed by atoms with Crippen molar-refractivity contribution in [1.29, 1.82) is 0 Å². The van der Waals surface area contributed by atoms with Crippen molar-refractivity contribution in [3.8, 4) is 0 Å². The summed E-state index contributed by atoms with van der Waals surface area (Å²) in [5, 5.41) is 98.5. The molecule has 0 aromatic carbocycles. The average Bonchev–Trinajstić information content (AvgIpc) is 3.10. The Balaban J connectivity index is 1.44. The summed E-state index contributed by atoms with van der Waals surface area (Å²) in [5.41, 5.74) is -6.66. The number of fused-ring (bicyclic) bond motifs is 2. The fraction of sp³-hybridized carbons (Fsp3) is 0.885. The molecule has 40 heavy (non-hydrogen) atoms. The average molecular weight is 575 g/mol. The molecule has 3 aliphatic heterocycles. The van der Waals surface area contributed by atoms with Crippen molar-refractivity contribution in [3.63, 3.8) is 0 Å². The van der Waals surface area contributed by atoms with E-state index in [4.69, 9.17) is 18.9 Å². The highest BCUT2D eigenvalue weighted by Crippen LogP contribution is 2.73. The molecule has 2 bridgehead atoms. The van der Waals surface area contributed by atoms with Gasteiger partial charge in [0.15, 0.2) is 12.4 Å². The summed E-state index contributed by atoms with van der Waals surface area (Å²) in [7, 11) is 0. The molecule has 0 aromatic heterocycles. The van der Waals surface area contributed by atoms with Gasteiger partial charge in [-0.25, -0.2) is 4.79 Å². The minimum absolute atomic E-state index is 0.0994. The fourth-order valence-electron chi connectivity index (χ4n) is 9.15. The van der Waals surface area contributed by atoms with E-state index in [2.05, 4.69) is 0 Å². The maximum absolute atomic E-state index is 12.8. The highest BCUT2D eigenvalue weighted by Gasteiger charge is 2.88. The molecule has 3 aliphatic carbocycles. The third-order valence-corrected chi connectivity index (χ3v) is 11.2. The zero-order valence-corrected chi connectivity index (χ0v) is 22.3. The van der Waals surface area contributed by atoms with Crippen LogP contribution in [-0.4, -0.2) is 144 Å². The summed E-state index contributed by atoms with van der Waals surface area (Å²) in [6.07, 6.45) is -15.4. The molecule has 0 aromatic rings. The van der Waals surface area contributed by atoms with Crippen LogP contribution in [0.3, 0.4) is 0 Å². The molecule has 2 saturated carbocycles. The number of allylic oxidation sites excluding steroid dienone is 1. The van der Waals surface area contributed by atoms with E-state index in [-0.39, 0.29) is 13.0 Å². The standard InChI is InChI=1S/C26H38O14/c1-8-4-10(38-22-15(30)14(29)13(28)11(6-27)39-22)18(32)23(2)9(8)5-12-25-7-37-24(3,19(33)16(31)17(23)25)26(25,36)20(34)21(35)40-12/h4,9-20,22,27-34,36H,5-7H2,1-3H3/t9-,10-,11+,12+,13+,14-,15+,16+,17+,18+,19-,20-,22+,23-,24+,25+,26+/m0/s1. The van der Waals surface area contributed by atoms with Gasteiger partial charge in [-0.3, -0.25) is 0 Å². The maximum Gasteiger partial charge on any atom is 0.338 e. The van der Waals surface area contributed by atoms with Gasteiger partial charge in [0.1, 0.15) is 53.9 Å². The largest absolute Gasteiger partial charge is 0.460 e. The lowest BCUT2D eigenvalue weighted by Gasteiger charge is -2.71. The van der Waals surface area contributed by atoms with E-state index in [1.165, 1.54) is 6.92 Å². The van der Waals surface area contributed by atoms with Crippen molar-refractivity contribution < 1.29 is 69.7 Å². The molecule has 17 atom stereocenters. The van der Waals surface area contributed by atoms with Gasteiger partial charge < -0.3 is 64.9 Å². The Morgan fingerprint density at radius 2 is 1.68 bits per heavy atom. The SMILES string of the molecule is CC1=C[C@H](O[C@@H]2O[C@H](CO)[C@@H](O)[C@H](O)[C@H]2O)[C@@H](O)[C@]2(C)[C@H]3[C@@H](O)[C@H](O)[C@@]4(C)OC[C@@]35[C@@H](C[C@@H]12)OC(=O)[C@H](O)[C@]54O. The van der Waals surface area contributed by atoms with Gasteiger partial charge >= 0.3 is 5.97 Å². The van der Waals surface area contributed by atoms with E-state index in [1.807, 2.05) is 0 Å². The minimum atomic E-state index is -2.38. The van der Waals surface area contributed by atoms with Crippen molar-refractivity contribution in [2.45, 2.75) is 106 Å². The van der Waals surface area contributed by atoms with E-state index < -0.39 is 114 Å². The van der Waals surface area contributed by atoms with Gasteiger partial charge in [-0.15, -0.1) is 0 Å². The van der Waals surface area contributed by atoms with Crippen LogP contribution >= 0.6 is 0 Å². The molecular weight excluding hydrogens is 536 g/mol. The zero-order chi connectivity index (χ0) is 29.3. The minimum Gasteiger partial charge on any atom is -0.460 e. The van der Waals surface area contributed by atoms with Gasteiger partial charge in [0, 0.05) is 11.3 Å². The second-order valence-electron chi connectivity index (χ2n) is 12.8. The Hall–Kier alpha value is -1.27. The third-order valence-electron chi connectivity index (χ3n) is 11.2. The number of carbonyl (C=O) groups excluding carboxylic acids is 1. The van der Waals surface area contributed by atoms with Crippen molar-refractivity contribution in [2.75, 3.05) is 13.2 Å². The molecule has 9 N–H and O–H groups in total. The van der Waals surface area contributed by atoms with E-state index in [9.17, 15) is 50.8 Å². The van der Waals surface area contributed by atoms with Gasteiger partial charge in [-0.05, 0) is 26.2 Å². The molecule has 14 nitrogen and oxygen atoms in total. The number of aliphatic hydroxyl groups excluding tert-OH is 8. The Labute approximate surface area is 229 Å². The summed E-state index contributed by atoms with van der Waals surface area (Å²) < 4.78 is 23.0. The highest BCUT2D eigenvalue weighted by atomic mass is 16.7. The Kier molecular flexibility index (Phi) is 6.40. The van der Waals surface area contributed by atoms with Crippen molar-refractivity contribution in [3.05, 3.63) is 11.6 Å².